The lowest BCUT2D eigenvalue weighted by molar-refractivity contribution is -0.141. The maximum atomic E-state index is 13.0. The minimum Gasteiger partial charge on any atom is -0.480 e. The van der Waals surface area contributed by atoms with Crippen LogP contribution in [-0.2, 0) is 4.79 Å². The molecule has 1 N–H and O–H groups in total. The van der Waals surface area contributed by atoms with Crippen molar-refractivity contribution >= 4 is 11.9 Å². The number of carboxylic acid groups (broad SMARTS) is 1. The molecule has 1 aliphatic rings. The molecule has 0 aliphatic carbocycles. The van der Waals surface area contributed by atoms with E-state index in [0.717, 1.165) is 0 Å². The molecule has 1 atom stereocenters. The first-order valence-corrected chi connectivity index (χ1v) is 7.33. The molecule has 6 nitrogen and oxygen atoms in total. The highest BCUT2D eigenvalue weighted by Crippen LogP contribution is 2.22. The van der Waals surface area contributed by atoms with Crippen LogP contribution in [0.2, 0.25) is 0 Å². The van der Waals surface area contributed by atoms with Crippen molar-refractivity contribution in [2.75, 3.05) is 6.54 Å². The van der Waals surface area contributed by atoms with E-state index in [2.05, 4.69) is 5.10 Å². The molecular weight excluding hydrogens is 301 g/mol. The monoisotopic (exact) mass is 317 g/mol. The van der Waals surface area contributed by atoms with E-state index in [-0.39, 0.29) is 17.4 Å². The molecule has 0 spiro atoms. The van der Waals surface area contributed by atoms with Crippen LogP contribution < -0.4 is 0 Å². The molecule has 1 fully saturated rings. The number of aromatic nitrogens is 2. The van der Waals surface area contributed by atoms with Gasteiger partial charge in [-0.05, 0) is 44.0 Å². The number of aryl methyl sites for hydroxylation is 1. The molecule has 7 heteroatoms. The molecule has 0 unspecified atom stereocenters. The fourth-order valence-electron chi connectivity index (χ4n) is 2.80. The average molecular weight is 317 g/mol. The predicted molar refractivity (Wildman–Crippen MR) is 80.0 cm³/mol. The van der Waals surface area contributed by atoms with Gasteiger partial charge in [-0.15, -0.1) is 0 Å². The van der Waals surface area contributed by atoms with Crippen LogP contribution in [0.3, 0.4) is 0 Å². The van der Waals surface area contributed by atoms with Crippen LogP contribution in [0.25, 0.3) is 5.69 Å². The third kappa shape index (κ3) is 2.81. The van der Waals surface area contributed by atoms with E-state index in [9.17, 15) is 19.1 Å². The Kier molecular flexibility index (Phi) is 3.85. The summed E-state index contributed by atoms with van der Waals surface area (Å²) >= 11 is 0. The largest absolute Gasteiger partial charge is 0.480 e. The Bertz CT molecular complexity index is 754. The minimum absolute atomic E-state index is 0.225. The number of carboxylic acids is 1. The van der Waals surface area contributed by atoms with Crippen LogP contribution in [0.1, 0.15) is 28.9 Å². The maximum Gasteiger partial charge on any atom is 0.326 e. The first-order valence-electron chi connectivity index (χ1n) is 7.33. The third-order valence-corrected chi connectivity index (χ3v) is 3.99. The molecule has 0 bridgehead atoms. The summed E-state index contributed by atoms with van der Waals surface area (Å²) in [6, 6.07) is 4.96. The van der Waals surface area contributed by atoms with Crippen LogP contribution in [-0.4, -0.2) is 44.3 Å². The van der Waals surface area contributed by atoms with Crippen LogP contribution >= 0.6 is 0 Å². The van der Waals surface area contributed by atoms with Gasteiger partial charge in [0.1, 0.15) is 11.9 Å². The van der Waals surface area contributed by atoms with Crippen molar-refractivity contribution in [3.8, 4) is 5.69 Å². The number of hydrogen-bond acceptors (Lipinski definition) is 3. The summed E-state index contributed by atoms with van der Waals surface area (Å²) in [6.45, 7) is 2.16. The first-order chi connectivity index (χ1) is 11.0. The zero-order valence-electron chi connectivity index (χ0n) is 12.6. The zero-order chi connectivity index (χ0) is 16.6. The highest BCUT2D eigenvalue weighted by molar-refractivity contribution is 5.96. The van der Waals surface area contributed by atoms with E-state index in [1.165, 1.54) is 21.7 Å². The summed E-state index contributed by atoms with van der Waals surface area (Å²) in [4.78, 5) is 25.2. The van der Waals surface area contributed by atoms with Crippen molar-refractivity contribution in [1.29, 1.82) is 0 Å². The molecule has 120 valence electrons. The number of benzene rings is 1. The Hall–Kier alpha value is -2.70. The lowest BCUT2D eigenvalue weighted by atomic mass is 10.2. The summed E-state index contributed by atoms with van der Waals surface area (Å²) in [6.07, 6.45) is 2.80. The van der Waals surface area contributed by atoms with Crippen LogP contribution in [0.4, 0.5) is 4.39 Å². The summed E-state index contributed by atoms with van der Waals surface area (Å²) in [5.41, 5.74) is 1.50. The van der Waals surface area contributed by atoms with E-state index >= 15 is 0 Å². The molecular formula is C16H16FN3O3. The zero-order valence-corrected chi connectivity index (χ0v) is 12.6. The van der Waals surface area contributed by atoms with Gasteiger partial charge in [-0.3, -0.25) is 4.79 Å². The molecule has 1 saturated heterocycles. The molecule has 1 aromatic carbocycles. The number of carbonyl (C=O) groups is 2. The summed E-state index contributed by atoms with van der Waals surface area (Å²) in [5.74, 6) is -1.73. The van der Waals surface area contributed by atoms with Gasteiger partial charge in [0, 0.05) is 18.3 Å². The van der Waals surface area contributed by atoms with Gasteiger partial charge < -0.3 is 10.0 Å². The SMILES string of the molecule is Cc1cn(-c2ccc(F)cc2)nc1C(=O)N1CCC[C@@H]1C(=O)O. The second-order valence-electron chi connectivity index (χ2n) is 5.58. The Morgan fingerprint density at radius 3 is 2.65 bits per heavy atom. The molecule has 3 rings (SSSR count). The maximum absolute atomic E-state index is 13.0. The van der Waals surface area contributed by atoms with Crippen LogP contribution in [0, 0.1) is 12.7 Å². The smallest absolute Gasteiger partial charge is 0.326 e. The fraction of sp³-hybridized carbons (Fsp3) is 0.312. The van der Waals surface area contributed by atoms with E-state index in [1.807, 2.05) is 0 Å². The normalized spacial score (nSPS) is 17.5. The number of likely N-dealkylation sites (tertiary alicyclic amines) is 1. The van der Waals surface area contributed by atoms with Gasteiger partial charge in [0.25, 0.3) is 5.91 Å². The Morgan fingerprint density at radius 1 is 1.30 bits per heavy atom. The molecule has 23 heavy (non-hydrogen) atoms. The van der Waals surface area contributed by atoms with Crippen LogP contribution in [0.5, 0.6) is 0 Å². The molecule has 1 aromatic heterocycles. The van der Waals surface area contributed by atoms with Crippen molar-refractivity contribution in [2.24, 2.45) is 0 Å². The summed E-state index contributed by atoms with van der Waals surface area (Å²) < 4.78 is 14.5. The Labute approximate surface area is 132 Å². The van der Waals surface area contributed by atoms with Gasteiger partial charge in [0.15, 0.2) is 5.69 Å². The predicted octanol–water partition coefficient (Wildman–Crippen LogP) is 2.01. The minimum atomic E-state index is -0.994. The van der Waals surface area contributed by atoms with Crippen molar-refractivity contribution < 1.29 is 19.1 Å². The van der Waals surface area contributed by atoms with Gasteiger partial charge in [0.2, 0.25) is 0 Å². The molecule has 1 aliphatic heterocycles. The third-order valence-electron chi connectivity index (χ3n) is 3.99. The van der Waals surface area contributed by atoms with Crippen molar-refractivity contribution in [3.63, 3.8) is 0 Å². The standard InChI is InChI=1S/C16H16FN3O3/c1-10-9-20(12-6-4-11(17)5-7-12)18-14(10)15(21)19-8-2-3-13(19)16(22)23/h4-7,9,13H,2-3,8H2,1H3,(H,22,23)/t13-/m1/s1. The topological polar surface area (TPSA) is 75.4 Å². The molecule has 0 saturated carbocycles. The Morgan fingerprint density at radius 2 is 2.00 bits per heavy atom. The summed E-state index contributed by atoms with van der Waals surface area (Å²) in [7, 11) is 0. The number of aliphatic carboxylic acids is 1. The number of rotatable bonds is 3. The lowest BCUT2D eigenvalue weighted by Gasteiger charge is -2.20. The van der Waals surface area contributed by atoms with Crippen molar-refractivity contribution in [1.82, 2.24) is 14.7 Å². The average Bonchev–Trinajstić information content (AvgIpc) is 3.14. The highest BCUT2D eigenvalue weighted by Gasteiger charge is 2.35. The fourth-order valence-corrected chi connectivity index (χ4v) is 2.80. The molecule has 2 heterocycles. The second-order valence-corrected chi connectivity index (χ2v) is 5.58. The van der Waals surface area contributed by atoms with Crippen molar-refractivity contribution in [3.05, 3.63) is 47.5 Å². The van der Waals surface area contributed by atoms with E-state index in [1.54, 1.807) is 25.3 Å². The van der Waals surface area contributed by atoms with E-state index in [4.69, 9.17) is 0 Å². The van der Waals surface area contributed by atoms with Gasteiger partial charge >= 0.3 is 5.97 Å². The molecule has 1 amide bonds. The quantitative estimate of drug-likeness (QED) is 0.939. The number of halogens is 1. The second kappa shape index (κ2) is 5.83. The van der Waals surface area contributed by atoms with Crippen molar-refractivity contribution in [2.45, 2.75) is 25.8 Å². The van der Waals surface area contributed by atoms with Gasteiger partial charge in [-0.25, -0.2) is 13.9 Å². The van der Waals surface area contributed by atoms with Gasteiger partial charge in [-0.2, -0.15) is 5.10 Å². The van der Waals surface area contributed by atoms with E-state index < -0.39 is 12.0 Å². The molecule has 0 radical (unpaired) electrons. The lowest BCUT2D eigenvalue weighted by Crippen LogP contribution is -2.40. The highest BCUT2D eigenvalue weighted by atomic mass is 19.1. The Balaban J connectivity index is 1.90. The molecule has 2 aromatic rings. The van der Waals surface area contributed by atoms with E-state index in [0.29, 0.717) is 30.6 Å². The summed E-state index contributed by atoms with van der Waals surface area (Å²) in [5, 5.41) is 13.5. The number of carbonyl (C=O) groups excluding carboxylic acids is 1. The first kappa shape index (κ1) is 15.2. The number of hydrogen-bond donors (Lipinski definition) is 1. The van der Waals surface area contributed by atoms with Gasteiger partial charge in [-0.1, -0.05) is 0 Å². The van der Waals surface area contributed by atoms with Crippen LogP contribution in [0.15, 0.2) is 30.5 Å². The number of amides is 1. The van der Waals surface area contributed by atoms with Gasteiger partial charge in [0.05, 0.1) is 5.69 Å². The number of nitrogens with zero attached hydrogens (tertiary/aromatic N) is 3.